The second kappa shape index (κ2) is 4.48. The van der Waals surface area contributed by atoms with Crippen LogP contribution in [-0.4, -0.2) is 16.3 Å². The summed E-state index contributed by atoms with van der Waals surface area (Å²) in [5.74, 6) is 0.577. The Hall–Kier alpha value is -2.63. The van der Waals surface area contributed by atoms with Gasteiger partial charge < -0.3 is 10.3 Å². The first kappa shape index (κ1) is 10.9. The SMILES string of the molecule is O=CNc1cc(-c2ccc([N+](=O)[O-])cc2)c[nH]1. The van der Waals surface area contributed by atoms with E-state index in [1.54, 1.807) is 24.4 Å². The van der Waals surface area contributed by atoms with E-state index in [1.807, 2.05) is 0 Å². The van der Waals surface area contributed by atoms with Crippen molar-refractivity contribution in [1.82, 2.24) is 4.98 Å². The fourth-order valence-corrected chi connectivity index (χ4v) is 1.48. The first-order valence-electron chi connectivity index (χ1n) is 4.84. The van der Waals surface area contributed by atoms with Crippen molar-refractivity contribution in [2.75, 3.05) is 5.32 Å². The van der Waals surface area contributed by atoms with Gasteiger partial charge >= 0.3 is 0 Å². The number of nitro benzene ring substituents is 1. The molecule has 1 amide bonds. The molecule has 0 bridgehead atoms. The third-order valence-corrected chi connectivity index (χ3v) is 2.31. The smallest absolute Gasteiger partial charge is 0.269 e. The van der Waals surface area contributed by atoms with Crippen molar-refractivity contribution in [3.05, 3.63) is 46.6 Å². The van der Waals surface area contributed by atoms with E-state index in [4.69, 9.17) is 0 Å². The number of hydrogen-bond acceptors (Lipinski definition) is 3. The molecule has 2 aromatic rings. The zero-order valence-electron chi connectivity index (χ0n) is 8.71. The summed E-state index contributed by atoms with van der Waals surface area (Å²) in [6.45, 7) is 0. The molecule has 0 fully saturated rings. The van der Waals surface area contributed by atoms with Gasteiger partial charge in [-0.15, -0.1) is 0 Å². The first-order valence-corrected chi connectivity index (χ1v) is 4.84. The number of nitro groups is 1. The van der Waals surface area contributed by atoms with Gasteiger partial charge in [-0.05, 0) is 23.8 Å². The van der Waals surface area contributed by atoms with Gasteiger partial charge in [-0.3, -0.25) is 14.9 Å². The van der Waals surface area contributed by atoms with E-state index in [0.717, 1.165) is 11.1 Å². The lowest BCUT2D eigenvalue weighted by Gasteiger charge is -1.96. The number of anilines is 1. The van der Waals surface area contributed by atoms with Crippen LogP contribution in [0.15, 0.2) is 36.5 Å². The van der Waals surface area contributed by atoms with Crippen LogP contribution in [0.25, 0.3) is 11.1 Å². The summed E-state index contributed by atoms with van der Waals surface area (Å²) in [6, 6.07) is 7.94. The monoisotopic (exact) mass is 231 g/mol. The molecule has 0 saturated heterocycles. The predicted molar refractivity (Wildman–Crippen MR) is 62.6 cm³/mol. The van der Waals surface area contributed by atoms with Crippen molar-refractivity contribution in [1.29, 1.82) is 0 Å². The maximum Gasteiger partial charge on any atom is 0.269 e. The standard InChI is InChI=1S/C11H9N3O3/c15-7-13-11-5-9(6-12-11)8-1-3-10(4-2-8)14(16)17/h1-7,12H,(H,13,15). The molecule has 1 aromatic heterocycles. The highest BCUT2D eigenvalue weighted by molar-refractivity contribution is 5.74. The molecule has 2 N–H and O–H groups in total. The number of carbonyl (C=O) groups excluding carboxylic acids is 1. The highest BCUT2D eigenvalue weighted by atomic mass is 16.6. The van der Waals surface area contributed by atoms with Gasteiger partial charge in [-0.25, -0.2) is 0 Å². The number of hydrogen-bond donors (Lipinski definition) is 2. The maximum absolute atomic E-state index is 10.5. The molecule has 0 aliphatic rings. The highest BCUT2D eigenvalue weighted by Crippen LogP contribution is 2.24. The molecule has 0 aliphatic carbocycles. The average Bonchev–Trinajstić information content (AvgIpc) is 2.78. The second-order valence-electron chi connectivity index (χ2n) is 3.37. The summed E-state index contributed by atoms with van der Waals surface area (Å²) < 4.78 is 0. The molecule has 6 heteroatoms. The van der Waals surface area contributed by atoms with Crippen molar-refractivity contribution in [3.8, 4) is 11.1 Å². The molecule has 0 aliphatic heterocycles. The molecule has 17 heavy (non-hydrogen) atoms. The fraction of sp³-hybridized carbons (Fsp3) is 0. The lowest BCUT2D eigenvalue weighted by atomic mass is 10.1. The summed E-state index contributed by atoms with van der Waals surface area (Å²) in [6.07, 6.45) is 2.29. The van der Waals surface area contributed by atoms with E-state index in [1.165, 1.54) is 12.1 Å². The van der Waals surface area contributed by atoms with Crippen LogP contribution in [0.1, 0.15) is 0 Å². The summed E-state index contributed by atoms with van der Waals surface area (Å²) >= 11 is 0. The minimum absolute atomic E-state index is 0.0514. The van der Waals surface area contributed by atoms with Gasteiger partial charge in [0.25, 0.3) is 5.69 Å². The topological polar surface area (TPSA) is 88.0 Å². The second-order valence-corrected chi connectivity index (χ2v) is 3.37. The highest BCUT2D eigenvalue weighted by Gasteiger charge is 2.06. The zero-order chi connectivity index (χ0) is 12.3. The molecule has 1 aromatic carbocycles. The lowest BCUT2D eigenvalue weighted by Crippen LogP contribution is -1.92. The first-order chi connectivity index (χ1) is 8.20. The van der Waals surface area contributed by atoms with Crippen LogP contribution in [0.3, 0.4) is 0 Å². The molecule has 0 spiro atoms. The summed E-state index contributed by atoms with van der Waals surface area (Å²) in [7, 11) is 0. The molecule has 0 saturated carbocycles. The molecular weight excluding hydrogens is 222 g/mol. The summed E-state index contributed by atoms with van der Waals surface area (Å²) in [4.78, 5) is 23.1. The molecule has 0 radical (unpaired) electrons. The third-order valence-electron chi connectivity index (χ3n) is 2.31. The molecule has 86 valence electrons. The van der Waals surface area contributed by atoms with Crippen molar-refractivity contribution in [2.24, 2.45) is 0 Å². The Morgan fingerprint density at radius 1 is 1.24 bits per heavy atom. The van der Waals surface area contributed by atoms with E-state index < -0.39 is 4.92 Å². The molecular formula is C11H9N3O3. The number of carbonyl (C=O) groups is 1. The van der Waals surface area contributed by atoms with Crippen molar-refractivity contribution < 1.29 is 9.72 Å². The minimum atomic E-state index is -0.444. The lowest BCUT2D eigenvalue weighted by molar-refractivity contribution is -0.384. The normalized spacial score (nSPS) is 9.88. The molecule has 1 heterocycles. The molecule has 2 rings (SSSR count). The van der Waals surface area contributed by atoms with Crippen LogP contribution in [0.4, 0.5) is 11.5 Å². The van der Waals surface area contributed by atoms with E-state index in [0.29, 0.717) is 12.2 Å². The van der Waals surface area contributed by atoms with E-state index >= 15 is 0 Å². The van der Waals surface area contributed by atoms with Gasteiger partial charge in [0.1, 0.15) is 5.82 Å². The largest absolute Gasteiger partial charge is 0.348 e. The Bertz CT molecular complexity index is 545. The average molecular weight is 231 g/mol. The predicted octanol–water partition coefficient (Wildman–Crippen LogP) is 2.16. The maximum atomic E-state index is 10.5. The summed E-state index contributed by atoms with van der Waals surface area (Å²) in [5.41, 5.74) is 1.74. The number of amides is 1. The zero-order valence-corrected chi connectivity index (χ0v) is 8.71. The van der Waals surface area contributed by atoms with Crippen LogP contribution in [0.2, 0.25) is 0 Å². The van der Waals surface area contributed by atoms with Crippen LogP contribution in [0, 0.1) is 10.1 Å². The number of nitrogens with one attached hydrogen (secondary N) is 2. The van der Waals surface area contributed by atoms with Crippen molar-refractivity contribution in [3.63, 3.8) is 0 Å². The van der Waals surface area contributed by atoms with E-state index in [-0.39, 0.29) is 5.69 Å². The number of aromatic amines is 1. The van der Waals surface area contributed by atoms with Gasteiger partial charge in [-0.1, -0.05) is 0 Å². The van der Waals surface area contributed by atoms with Gasteiger partial charge in [-0.2, -0.15) is 0 Å². The van der Waals surface area contributed by atoms with Gasteiger partial charge in [0, 0.05) is 23.9 Å². The molecule has 0 unspecified atom stereocenters. The number of benzene rings is 1. The Morgan fingerprint density at radius 3 is 2.53 bits per heavy atom. The number of nitrogens with zero attached hydrogens (tertiary/aromatic N) is 1. The molecule has 6 nitrogen and oxygen atoms in total. The van der Waals surface area contributed by atoms with Crippen LogP contribution >= 0.6 is 0 Å². The van der Waals surface area contributed by atoms with Crippen molar-refractivity contribution >= 4 is 17.9 Å². The number of aromatic nitrogens is 1. The van der Waals surface area contributed by atoms with Gasteiger partial charge in [0.2, 0.25) is 6.41 Å². The summed E-state index contributed by atoms with van der Waals surface area (Å²) in [5, 5.41) is 13.0. The Balaban J connectivity index is 2.26. The Labute approximate surface area is 96.4 Å². The van der Waals surface area contributed by atoms with Crippen LogP contribution < -0.4 is 5.32 Å². The van der Waals surface area contributed by atoms with Gasteiger partial charge in [0.05, 0.1) is 4.92 Å². The molecule has 0 atom stereocenters. The Morgan fingerprint density at radius 2 is 1.94 bits per heavy atom. The number of H-pyrrole nitrogens is 1. The Kier molecular flexibility index (Phi) is 2.87. The third kappa shape index (κ3) is 2.31. The number of rotatable bonds is 4. The van der Waals surface area contributed by atoms with Crippen molar-refractivity contribution in [2.45, 2.75) is 0 Å². The number of non-ortho nitro benzene ring substituents is 1. The van der Waals surface area contributed by atoms with E-state index in [9.17, 15) is 14.9 Å². The van der Waals surface area contributed by atoms with Crippen LogP contribution in [-0.2, 0) is 4.79 Å². The van der Waals surface area contributed by atoms with Crippen LogP contribution in [0.5, 0.6) is 0 Å². The fourth-order valence-electron chi connectivity index (χ4n) is 1.48. The van der Waals surface area contributed by atoms with E-state index in [2.05, 4.69) is 10.3 Å². The quantitative estimate of drug-likeness (QED) is 0.480. The van der Waals surface area contributed by atoms with Gasteiger partial charge in [0.15, 0.2) is 0 Å². The minimum Gasteiger partial charge on any atom is -0.348 e.